The fourth-order valence-electron chi connectivity index (χ4n) is 3.51. The molecule has 1 aromatic carbocycles. The van der Waals surface area contributed by atoms with Crippen LogP contribution in [0.5, 0.6) is 0 Å². The number of benzene rings is 1. The van der Waals surface area contributed by atoms with Gasteiger partial charge < -0.3 is 11.1 Å². The number of rotatable bonds is 6. The predicted molar refractivity (Wildman–Crippen MR) is 109 cm³/mol. The molecule has 1 amide bonds. The summed E-state index contributed by atoms with van der Waals surface area (Å²) < 4.78 is 0. The zero-order valence-electron chi connectivity index (χ0n) is 15.5. The summed E-state index contributed by atoms with van der Waals surface area (Å²) in [6.07, 6.45) is 1.72. The van der Waals surface area contributed by atoms with Crippen molar-refractivity contribution in [1.29, 1.82) is 0 Å². The highest BCUT2D eigenvalue weighted by molar-refractivity contribution is 5.85. The van der Waals surface area contributed by atoms with Gasteiger partial charge in [-0.15, -0.1) is 24.8 Å². The lowest BCUT2D eigenvalue weighted by atomic mass is 9.91. The largest absolute Gasteiger partial charge is 0.352 e. The second-order valence-electron chi connectivity index (χ2n) is 7.41. The predicted octanol–water partition coefficient (Wildman–Crippen LogP) is 3.36. The van der Waals surface area contributed by atoms with Crippen LogP contribution in [0.4, 0.5) is 0 Å². The highest BCUT2D eigenvalue weighted by atomic mass is 35.5. The maximum absolute atomic E-state index is 11.6. The Balaban J connectivity index is 0.00000288. The number of carbonyl (C=O) groups is 1. The van der Waals surface area contributed by atoms with Crippen LogP contribution in [-0.4, -0.2) is 29.9 Å². The molecule has 6 heteroatoms. The number of hydrogen-bond donors (Lipinski definition) is 2. The van der Waals surface area contributed by atoms with Crippen molar-refractivity contribution in [2.75, 3.05) is 13.1 Å². The van der Waals surface area contributed by atoms with Gasteiger partial charge in [0.1, 0.15) is 0 Å². The van der Waals surface area contributed by atoms with Gasteiger partial charge in [0.2, 0.25) is 5.91 Å². The minimum absolute atomic E-state index is 0. The first-order chi connectivity index (χ1) is 10.9. The smallest absolute Gasteiger partial charge is 0.221 e. The number of amides is 1. The first kappa shape index (κ1) is 24.2. The fraction of sp³-hybridized carbons (Fsp3) is 0.632. The topological polar surface area (TPSA) is 58.4 Å². The number of carbonyl (C=O) groups excluding carboxylic acids is 1. The summed E-state index contributed by atoms with van der Waals surface area (Å²) in [4.78, 5) is 14.2. The fourth-order valence-corrected chi connectivity index (χ4v) is 3.51. The minimum atomic E-state index is -0.0910. The van der Waals surface area contributed by atoms with Crippen molar-refractivity contribution < 1.29 is 4.79 Å². The Morgan fingerprint density at radius 1 is 1.16 bits per heavy atom. The van der Waals surface area contributed by atoms with E-state index in [0.717, 1.165) is 23.9 Å². The Morgan fingerprint density at radius 3 is 2.20 bits per heavy atom. The SMILES string of the molecule is CC(N)CC(=O)NCc1ccc(CN2CC(C)CC(C)C2)cc1.Cl.Cl. The van der Waals surface area contributed by atoms with Gasteiger partial charge >= 0.3 is 0 Å². The molecule has 25 heavy (non-hydrogen) atoms. The minimum Gasteiger partial charge on any atom is -0.352 e. The molecule has 0 radical (unpaired) electrons. The van der Waals surface area contributed by atoms with Gasteiger partial charge in [0.05, 0.1) is 0 Å². The molecule has 0 aromatic heterocycles. The van der Waals surface area contributed by atoms with Gasteiger partial charge in [-0.05, 0) is 36.3 Å². The highest BCUT2D eigenvalue weighted by Gasteiger charge is 2.21. The molecule has 3 unspecified atom stereocenters. The van der Waals surface area contributed by atoms with Crippen LogP contribution in [0.25, 0.3) is 0 Å². The molecule has 0 aliphatic carbocycles. The lowest BCUT2D eigenvalue weighted by Gasteiger charge is -2.35. The molecule has 1 aromatic rings. The highest BCUT2D eigenvalue weighted by Crippen LogP contribution is 2.22. The van der Waals surface area contributed by atoms with E-state index >= 15 is 0 Å². The summed E-state index contributed by atoms with van der Waals surface area (Å²) in [5.74, 6) is 1.59. The van der Waals surface area contributed by atoms with E-state index in [1.807, 2.05) is 6.92 Å². The van der Waals surface area contributed by atoms with E-state index in [2.05, 4.69) is 48.3 Å². The molecule has 1 aliphatic heterocycles. The molecule has 3 N–H and O–H groups in total. The molecule has 1 heterocycles. The van der Waals surface area contributed by atoms with Crippen molar-refractivity contribution in [3.05, 3.63) is 35.4 Å². The van der Waals surface area contributed by atoms with Crippen LogP contribution in [0.2, 0.25) is 0 Å². The van der Waals surface area contributed by atoms with Gasteiger partial charge in [0.15, 0.2) is 0 Å². The molecular weight excluding hydrogens is 357 g/mol. The normalized spacial score (nSPS) is 21.6. The molecular formula is C19H33Cl2N3O. The molecule has 0 bridgehead atoms. The Labute approximate surface area is 164 Å². The maximum atomic E-state index is 11.6. The van der Waals surface area contributed by atoms with Crippen molar-refractivity contribution in [2.45, 2.75) is 52.7 Å². The molecule has 1 fully saturated rings. The van der Waals surface area contributed by atoms with E-state index in [9.17, 15) is 4.79 Å². The summed E-state index contributed by atoms with van der Waals surface area (Å²) in [7, 11) is 0. The van der Waals surface area contributed by atoms with Gasteiger partial charge in [-0.25, -0.2) is 0 Å². The third-order valence-electron chi connectivity index (χ3n) is 4.37. The van der Waals surface area contributed by atoms with Gasteiger partial charge in [0, 0.05) is 38.6 Å². The lowest BCUT2D eigenvalue weighted by Crippen LogP contribution is -2.38. The monoisotopic (exact) mass is 389 g/mol. The number of nitrogens with one attached hydrogen (secondary N) is 1. The van der Waals surface area contributed by atoms with Crippen LogP contribution in [0.3, 0.4) is 0 Å². The van der Waals surface area contributed by atoms with Gasteiger partial charge in [0.25, 0.3) is 0 Å². The molecule has 1 saturated heterocycles. The molecule has 4 nitrogen and oxygen atoms in total. The first-order valence-corrected chi connectivity index (χ1v) is 8.75. The van der Waals surface area contributed by atoms with Gasteiger partial charge in [-0.2, -0.15) is 0 Å². The van der Waals surface area contributed by atoms with Crippen molar-refractivity contribution in [1.82, 2.24) is 10.2 Å². The maximum Gasteiger partial charge on any atom is 0.221 e. The number of hydrogen-bond acceptors (Lipinski definition) is 3. The summed E-state index contributed by atoms with van der Waals surface area (Å²) in [6, 6.07) is 8.48. The third kappa shape index (κ3) is 8.91. The first-order valence-electron chi connectivity index (χ1n) is 8.75. The van der Waals surface area contributed by atoms with E-state index < -0.39 is 0 Å². The average molecular weight is 390 g/mol. The average Bonchev–Trinajstić information content (AvgIpc) is 2.45. The lowest BCUT2D eigenvalue weighted by molar-refractivity contribution is -0.121. The standard InChI is InChI=1S/C19H31N3O.2ClH/c1-14-8-15(2)12-22(11-14)13-18-6-4-17(5-7-18)10-21-19(23)9-16(3)20;;/h4-7,14-16H,8-13,20H2,1-3H3,(H,21,23);2*1H. The van der Waals surface area contributed by atoms with Crippen LogP contribution in [0.15, 0.2) is 24.3 Å². The van der Waals surface area contributed by atoms with Crippen LogP contribution in [0.1, 0.15) is 44.7 Å². The number of piperidine rings is 1. The van der Waals surface area contributed by atoms with E-state index in [-0.39, 0.29) is 36.8 Å². The van der Waals surface area contributed by atoms with Gasteiger partial charge in [-0.3, -0.25) is 9.69 Å². The molecule has 3 atom stereocenters. The van der Waals surface area contributed by atoms with Crippen molar-refractivity contribution in [3.63, 3.8) is 0 Å². The Hall–Kier alpha value is -0.810. The number of nitrogens with two attached hydrogens (primary N) is 1. The Kier molecular flexibility index (Phi) is 11.4. The van der Waals surface area contributed by atoms with Crippen LogP contribution in [-0.2, 0) is 17.9 Å². The van der Waals surface area contributed by atoms with Crippen LogP contribution in [0, 0.1) is 11.8 Å². The number of nitrogens with zero attached hydrogens (tertiary/aromatic N) is 1. The molecule has 1 aliphatic rings. The van der Waals surface area contributed by atoms with Crippen LogP contribution >= 0.6 is 24.8 Å². The molecule has 0 saturated carbocycles. The van der Waals surface area contributed by atoms with E-state index in [0.29, 0.717) is 13.0 Å². The van der Waals surface area contributed by atoms with Crippen molar-refractivity contribution in [3.8, 4) is 0 Å². The Morgan fingerprint density at radius 2 is 1.68 bits per heavy atom. The van der Waals surface area contributed by atoms with Crippen LogP contribution < -0.4 is 11.1 Å². The van der Waals surface area contributed by atoms with Gasteiger partial charge in [-0.1, -0.05) is 38.1 Å². The third-order valence-corrected chi connectivity index (χ3v) is 4.37. The molecule has 2 rings (SSSR count). The van der Waals surface area contributed by atoms with E-state index in [1.165, 1.54) is 25.1 Å². The second kappa shape index (κ2) is 11.7. The quantitative estimate of drug-likeness (QED) is 0.783. The number of likely N-dealkylation sites (tertiary alicyclic amines) is 1. The van der Waals surface area contributed by atoms with E-state index in [1.54, 1.807) is 0 Å². The molecule has 144 valence electrons. The van der Waals surface area contributed by atoms with Crippen molar-refractivity contribution >= 4 is 30.7 Å². The summed E-state index contributed by atoms with van der Waals surface area (Å²) in [6.45, 7) is 10.5. The number of halogens is 2. The van der Waals surface area contributed by atoms with E-state index in [4.69, 9.17) is 5.73 Å². The zero-order valence-corrected chi connectivity index (χ0v) is 17.2. The van der Waals surface area contributed by atoms with Crippen molar-refractivity contribution in [2.24, 2.45) is 17.6 Å². The summed E-state index contributed by atoms with van der Waals surface area (Å²) in [5.41, 5.74) is 8.10. The summed E-state index contributed by atoms with van der Waals surface area (Å²) >= 11 is 0. The molecule has 0 spiro atoms. The Bertz CT molecular complexity index is 498. The summed E-state index contributed by atoms with van der Waals surface area (Å²) in [5, 5.41) is 2.91. The zero-order chi connectivity index (χ0) is 16.8. The second-order valence-corrected chi connectivity index (χ2v) is 7.41.